The minimum Gasteiger partial charge on any atom is -0.497 e. The molecular weight excluding hydrogens is 344 g/mol. The van der Waals surface area contributed by atoms with Gasteiger partial charge in [-0.25, -0.2) is 0 Å². The molecule has 0 saturated heterocycles. The van der Waals surface area contributed by atoms with Crippen LogP contribution >= 0.6 is 0 Å². The Morgan fingerprint density at radius 1 is 0.815 bits per heavy atom. The van der Waals surface area contributed by atoms with Crippen LogP contribution in [0.1, 0.15) is 5.56 Å². The Labute approximate surface area is 157 Å². The van der Waals surface area contributed by atoms with Gasteiger partial charge in [0.05, 0.1) is 13.5 Å². The number of nitrogens with one attached hydrogen (secondary N) is 2. The smallest absolute Gasteiger partial charge is 0.276 e. The molecule has 0 aromatic heterocycles. The number of ether oxygens (including phenoxy) is 2. The number of carbonyl (C=O) groups is 2. The van der Waals surface area contributed by atoms with E-state index in [0.29, 0.717) is 11.5 Å². The highest BCUT2D eigenvalue weighted by Gasteiger charge is 2.09. The van der Waals surface area contributed by atoms with Crippen LogP contribution in [0.5, 0.6) is 11.5 Å². The van der Waals surface area contributed by atoms with Crippen LogP contribution in [0.25, 0.3) is 10.8 Å². The van der Waals surface area contributed by atoms with E-state index in [1.807, 2.05) is 42.5 Å². The molecule has 0 spiro atoms. The van der Waals surface area contributed by atoms with E-state index in [9.17, 15) is 9.59 Å². The minimum atomic E-state index is -0.447. The standard InChI is InChI=1S/C21H20N2O4/c1-26-17-9-11-18(12-10-17)27-14-21(25)23-22-20(24)13-16-7-4-6-15-5-2-3-8-19(15)16/h2-12H,13-14H2,1H3,(H,22,24)(H,23,25). The Bertz CT molecular complexity index is 933. The minimum absolute atomic E-state index is 0.168. The summed E-state index contributed by atoms with van der Waals surface area (Å²) in [5.41, 5.74) is 5.66. The third-order valence-corrected chi connectivity index (χ3v) is 4.00. The van der Waals surface area contributed by atoms with Gasteiger partial charge in [-0.1, -0.05) is 42.5 Å². The molecule has 27 heavy (non-hydrogen) atoms. The average Bonchev–Trinajstić information content (AvgIpc) is 2.71. The molecule has 0 aliphatic rings. The number of benzene rings is 3. The lowest BCUT2D eigenvalue weighted by atomic mass is 10.0. The molecule has 6 nitrogen and oxygen atoms in total. The van der Waals surface area contributed by atoms with E-state index >= 15 is 0 Å². The van der Waals surface area contributed by atoms with Gasteiger partial charge in [-0.05, 0) is 40.6 Å². The molecule has 0 saturated carbocycles. The van der Waals surface area contributed by atoms with Crippen LogP contribution in [0.3, 0.4) is 0 Å². The van der Waals surface area contributed by atoms with Crippen LogP contribution < -0.4 is 20.3 Å². The van der Waals surface area contributed by atoms with E-state index in [1.165, 1.54) is 0 Å². The maximum atomic E-state index is 12.1. The Kier molecular flexibility index (Phi) is 5.89. The van der Waals surface area contributed by atoms with Crippen LogP contribution in [-0.4, -0.2) is 25.5 Å². The molecule has 3 aromatic carbocycles. The Morgan fingerprint density at radius 2 is 1.48 bits per heavy atom. The molecule has 0 radical (unpaired) electrons. The van der Waals surface area contributed by atoms with E-state index in [0.717, 1.165) is 16.3 Å². The van der Waals surface area contributed by atoms with Crippen LogP contribution in [0, 0.1) is 0 Å². The summed E-state index contributed by atoms with van der Waals surface area (Å²) in [5.74, 6) is 0.488. The van der Waals surface area contributed by atoms with Crippen LogP contribution in [0.15, 0.2) is 66.7 Å². The molecule has 0 aliphatic heterocycles. The lowest BCUT2D eigenvalue weighted by molar-refractivity contribution is -0.129. The van der Waals surface area contributed by atoms with Gasteiger partial charge in [0, 0.05) is 0 Å². The maximum absolute atomic E-state index is 12.1. The molecule has 138 valence electrons. The quantitative estimate of drug-likeness (QED) is 0.659. The Morgan fingerprint density at radius 3 is 2.26 bits per heavy atom. The third-order valence-electron chi connectivity index (χ3n) is 4.00. The van der Waals surface area contributed by atoms with Crippen LogP contribution in [0.2, 0.25) is 0 Å². The van der Waals surface area contributed by atoms with Crippen LogP contribution in [0.4, 0.5) is 0 Å². The number of hydrazine groups is 1. The lowest BCUT2D eigenvalue weighted by Gasteiger charge is -2.10. The summed E-state index contributed by atoms with van der Waals surface area (Å²) < 4.78 is 10.4. The summed E-state index contributed by atoms with van der Waals surface area (Å²) in [4.78, 5) is 24.0. The van der Waals surface area contributed by atoms with Crippen molar-refractivity contribution in [3.05, 3.63) is 72.3 Å². The number of fused-ring (bicyclic) bond motifs is 1. The first kappa shape index (κ1) is 18.3. The van der Waals surface area contributed by atoms with Crippen molar-refractivity contribution in [3.8, 4) is 11.5 Å². The number of rotatable bonds is 6. The van der Waals surface area contributed by atoms with Crippen molar-refractivity contribution in [3.63, 3.8) is 0 Å². The molecule has 0 unspecified atom stereocenters. The van der Waals surface area contributed by atoms with E-state index < -0.39 is 5.91 Å². The number of methoxy groups -OCH3 is 1. The SMILES string of the molecule is COc1ccc(OCC(=O)NNC(=O)Cc2cccc3ccccc23)cc1. The summed E-state index contributed by atoms with van der Waals surface area (Å²) in [5, 5.41) is 2.09. The molecule has 6 heteroatoms. The predicted octanol–water partition coefficient (Wildman–Crippen LogP) is 2.62. The molecule has 0 atom stereocenters. The van der Waals surface area contributed by atoms with Gasteiger partial charge in [0.25, 0.3) is 5.91 Å². The third kappa shape index (κ3) is 4.98. The van der Waals surface area contributed by atoms with E-state index in [2.05, 4.69) is 10.9 Å². The molecule has 2 N–H and O–H groups in total. The van der Waals surface area contributed by atoms with E-state index in [1.54, 1.807) is 31.4 Å². The summed E-state index contributed by atoms with van der Waals surface area (Å²) in [7, 11) is 1.57. The van der Waals surface area contributed by atoms with Crippen molar-refractivity contribution in [1.29, 1.82) is 0 Å². The molecule has 0 heterocycles. The highest BCUT2D eigenvalue weighted by Crippen LogP contribution is 2.19. The van der Waals surface area contributed by atoms with Crippen molar-refractivity contribution in [2.24, 2.45) is 0 Å². The molecule has 3 aromatic rings. The number of carbonyl (C=O) groups excluding carboxylic acids is 2. The highest BCUT2D eigenvalue weighted by atomic mass is 16.5. The lowest BCUT2D eigenvalue weighted by Crippen LogP contribution is -2.44. The summed E-state index contributed by atoms with van der Waals surface area (Å²) in [6.45, 7) is -0.207. The fraction of sp³-hybridized carbons (Fsp3) is 0.143. The summed E-state index contributed by atoms with van der Waals surface area (Å²) in [6, 6.07) is 20.5. The largest absolute Gasteiger partial charge is 0.497 e. The van der Waals surface area contributed by atoms with Gasteiger partial charge >= 0.3 is 0 Å². The second kappa shape index (κ2) is 8.71. The summed E-state index contributed by atoms with van der Waals surface area (Å²) in [6.07, 6.45) is 0.168. The number of hydrogen-bond acceptors (Lipinski definition) is 4. The molecule has 3 rings (SSSR count). The van der Waals surface area contributed by atoms with Gasteiger partial charge in [-0.2, -0.15) is 0 Å². The predicted molar refractivity (Wildman–Crippen MR) is 102 cm³/mol. The van der Waals surface area contributed by atoms with Crippen molar-refractivity contribution in [2.45, 2.75) is 6.42 Å². The van der Waals surface area contributed by atoms with Crippen molar-refractivity contribution in [2.75, 3.05) is 13.7 Å². The van der Waals surface area contributed by atoms with Gasteiger partial charge < -0.3 is 9.47 Å². The number of amides is 2. The normalized spacial score (nSPS) is 10.3. The maximum Gasteiger partial charge on any atom is 0.276 e. The molecule has 0 fully saturated rings. The molecule has 0 bridgehead atoms. The van der Waals surface area contributed by atoms with Gasteiger partial charge in [-0.15, -0.1) is 0 Å². The molecule has 0 aliphatic carbocycles. The first-order valence-electron chi connectivity index (χ1n) is 8.47. The first-order valence-corrected chi connectivity index (χ1v) is 8.47. The zero-order valence-electron chi connectivity index (χ0n) is 14.9. The molecular formula is C21H20N2O4. The van der Waals surface area contributed by atoms with Crippen molar-refractivity contribution >= 4 is 22.6 Å². The van der Waals surface area contributed by atoms with Gasteiger partial charge in [0.1, 0.15) is 11.5 Å². The second-order valence-electron chi connectivity index (χ2n) is 5.88. The van der Waals surface area contributed by atoms with E-state index in [4.69, 9.17) is 9.47 Å². The Hall–Kier alpha value is -3.54. The zero-order chi connectivity index (χ0) is 19.1. The average molecular weight is 364 g/mol. The second-order valence-corrected chi connectivity index (χ2v) is 5.88. The monoisotopic (exact) mass is 364 g/mol. The topological polar surface area (TPSA) is 76.7 Å². The van der Waals surface area contributed by atoms with Gasteiger partial charge in [0.2, 0.25) is 5.91 Å². The first-order chi connectivity index (χ1) is 13.2. The highest BCUT2D eigenvalue weighted by molar-refractivity contribution is 5.91. The summed E-state index contributed by atoms with van der Waals surface area (Å²) >= 11 is 0. The van der Waals surface area contributed by atoms with Gasteiger partial charge in [-0.3, -0.25) is 20.4 Å². The number of hydrogen-bond donors (Lipinski definition) is 2. The molecule has 2 amide bonds. The Balaban J connectivity index is 1.47. The van der Waals surface area contributed by atoms with Crippen molar-refractivity contribution < 1.29 is 19.1 Å². The van der Waals surface area contributed by atoms with E-state index in [-0.39, 0.29) is 18.9 Å². The van der Waals surface area contributed by atoms with Gasteiger partial charge in [0.15, 0.2) is 6.61 Å². The van der Waals surface area contributed by atoms with Crippen molar-refractivity contribution in [1.82, 2.24) is 10.9 Å². The fourth-order valence-electron chi connectivity index (χ4n) is 2.66. The van der Waals surface area contributed by atoms with Crippen LogP contribution in [-0.2, 0) is 16.0 Å². The zero-order valence-corrected chi connectivity index (χ0v) is 14.9. The fourth-order valence-corrected chi connectivity index (χ4v) is 2.66.